The van der Waals surface area contributed by atoms with Gasteiger partial charge in [-0.05, 0) is 68.4 Å². The van der Waals surface area contributed by atoms with Gasteiger partial charge < -0.3 is 5.11 Å². The highest BCUT2D eigenvalue weighted by Crippen LogP contribution is 2.29. The number of aryl methyl sites for hydroxylation is 2. The number of benzene rings is 2. The van der Waals surface area contributed by atoms with E-state index in [0.717, 1.165) is 28.2 Å². The van der Waals surface area contributed by atoms with Gasteiger partial charge in [0, 0.05) is 11.1 Å². The molecule has 2 N–H and O–H groups in total. The van der Waals surface area contributed by atoms with Crippen molar-refractivity contribution in [2.45, 2.75) is 20.8 Å². The van der Waals surface area contributed by atoms with Crippen LogP contribution in [0.4, 0.5) is 0 Å². The second kappa shape index (κ2) is 6.45. The molecule has 24 heavy (non-hydrogen) atoms. The average molecular weight is 337 g/mol. The third-order valence-electron chi connectivity index (χ3n) is 4.00. The number of phenolic OH excluding ortho intramolecular Hbond substituents is 1. The fourth-order valence-electron chi connectivity index (χ4n) is 2.84. The van der Waals surface area contributed by atoms with E-state index in [0.29, 0.717) is 4.77 Å². The molecule has 0 radical (unpaired) electrons. The summed E-state index contributed by atoms with van der Waals surface area (Å²) in [7, 11) is 0. The van der Waals surface area contributed by atoms with Crippen molar-refractivity contribution < 1.29 is 5.11 Å². The molecule has 4 nitrogen and oxygen atoms in total. The van der Waals surface area contributed by atoms with Crippen LogP contribution in [0, 0.1) is 18.6 Å². The summed E-state index contributed by atoms with van der Waals surface area (Å²) in [5.41, 5.74) is 5.12. The van der Waals surface area contributed by atoms with Crippen LogP contribution in [0.1, 0.15) is 23.6 Å². The Labute approximate surface area is 146 Å². The van der Waals surface area contributed by atoms with E-state index in [-0.39, 0.29) is 5.75 Å². The van der Waals surface area contributed by atoms with E-state index in [1.807, 2.05) is 42.7 Å². The van der Waals surface area contributed by atoms with Gasteiger partial charge in [-0.3, -0.25) is 9.67 Å². The summed E-state index contributed by atoms with van der Waals surface area (Å²) in [6.45, 7) is 6.02. The maximum Gasteiger partial charge on any atom is 0.200 e. The molecular formula is C19H19N3OS. The number of hydrogen-bond donors (Lipinski definition) is 2. The Morgan fingerprint density at radius 2 is 1.96 bits per heavy atom. The summed E-state index contributed by atoms with van der Waals surface area (Å²) in [5, 5.41) is 17.0. The number of H-pyrrole nitrogens is 1. The zero-order valence-electron chi connectivity index (χ0n) is 13.9. The van der Waals surface area contributed by atoms with Gasteiger partial charge in [0.15, 0.2) is 10.6 Å². The van der Waals surface area contributed by atoms with E-state index >= 15 is 0 Å². The number of nitrogens with one attached hydrogen (secondary N) is 1. The monoisotopic (exact) mass is 337 g/mol. The second-order valence-corrected chi connectivity index (χ2v) is 6.08. The molecule has 3 rings (SSSR count). The largest absolute Gasteiger partial charge is 0.508 e. The molecule has 0 aliphatic rings. The maximum atomic E-state index is 9.66. The van der Waals surface area contributed by atoms with Crippen LogP contribution in [-0.2, 0) is 0 Å². The Hall–Kier alpha value is -2.66. The lowest BCUT2D eigenvalue weighted by atomic mass is 10.0. The maximum absolute atomic E-state index is 9.66. The lowest BCUT2D eigenvalue weighted by molar-refractivity contribution is 0.475. The van der Waals surface area contributed by atoms with E-state index in [4.69, 9.17) is 12.2 Å². The first-order valence-corrected chi connectivity index (χ1v) is 8.14. The van der Waals surface area contributed by atoms with E-state index < -0.39 is 0 Å². The summed E-state index contributed by atoms with van der Waals surface area (Å²) in [6, 6.07) is 11.4. The first kappa shape index (κ1) is 16.2. The number of hydrogen-bond acceptors (Lipinski definition) is 3. The molecule has 0 saturated carbocycles. The van der Waals surface area contributed by atoms with Crippen molar-refractivity contribution in [1.82, 2.24) is 14.8 Å². The zero-order valence-corrected chi connectivity index (χ0v) is 14.7. The van der Waals surface area contributed by atoms with Crippen LogP contribution < -0.4 is 0 Å². The number of aromatic hydroxyl groups is 1. The van der Waals surface area contributed by atoms with Crippen LogP contribution in [0.15, 0.2) is 42.5 Å². The van der Waals surface area contributed by atoms with Crippen molar-refractivity contribution in [3.63, 3.8) is 0 Å². The van der Waals surface area contributed by atoms with Gasteiger partial charge in [-0.2, -0.15) is 5.10 Å². The van der Waals surface area contributed by atoms with Crippen LogP contribution in [0.2, 0.25) is 0 Å². The molecule has 0 saturated heterocycles. The van der Waals surface area contributed by atoms with Crippen LogP contribution in [0.25, 0.3) is 23.2 Å². The number of nitrogens with zero attached hydrogens (tertiary/aromatic N) is 2. The van der Waals surface area contributed by atoms with Crippen LogP contribution in [0.3, 0.4) is 0 Å². The van der Waals surface area contributed by atoms with Gasteiger partial charge in [0.2, 0.25) is 0 Å². The van der Waals surface area contributed by atoms with Crippen molar-refractivity contribution in [3.8, 4) is 22.8 Å². The summed E-state index contributed by atoms with van der Waals surface area (Å²) in [4.78, 5) is 0. The van der Waals surface area contributed by atoms with Gasteiger partial charge in [-0.15, -0.1) is 0 Å². The van der Waals surface area contributed by atoms with Crippen LogP contribution >= 0.6 is 12.2 Å². The highest BCUT2D eigenvalue weighted by molar-refractivity contribution is 7.71. The van der Waals surface area contributed by atoms with Crippen LogP contribution in [-0.4, -0.2) is 19.9 Å². The molecular weight excluding hydrogens is 318 g/mol. The minimum Gasteiger partial charge on any atom is -0.508 e. The summed E-state index contributed by atoms with van der Waals surface area (Å²) >= 11 is 5.48. The van der Waals surface area contributed by atoms with Crippen LogP contribution in [0.5, 0.6) is 5.75 Å². The molecule has 0 fully saturated rings. The van der Waals surface area contributed by atoms with Crippen molar-refractivity contribution in [2.24, 2.45) is 0 Å². The third-order valence-corrected chi connectivity index (χ3v) is 4.27. The fourth-order valence-corrected chi connectivity index (χ4v) is 3.07. The molecule has 1 heterocycles. The van der Waals surface area contributed by atoms with E-state index in [2.05, 4.69) is 29.3 Å². The Morgan fingerprint density at radius 1 is 1.17 bits per heavy atom. The minimum absolute atomic E-state index is 0.238. The first-order chi connectivity index (χ1) is 11.5. The van der Waals surface area contributed by atoms with Gasteiger partial charge in [0.1, 0.15) is 5.75 Å². The lowest BCUT2D eigenvalue weighted by Crippen LogP contribution is -2.02. The predicted molar refractivity (Wildman–Crippen MR) is 100 cm³/mol. The molecule has 2 aromatic carbocycles. The van der Waals surface area contributed by atoms with Gasteiger partial charge >= 0.3 is 0 Å². The Bertz CT molecular complexity index is 983. The predicted octanol–water partition coefficient (Wildman–Crippen LogP) is 4.95. The summed E-state index contributed by atoms with van der Waals surface area (Å²) in [5.74, 6) is 0.968. The number of aromatic nitrogens is 3. The Morgan fingerprint density at radius 3 is 2.67 bits per heavy atom. The molecule has 3 aromatic rings. The number of aromatic amines is 1. The summed E-state index contributed by atoms with van der Waals surface area (Å²) < 4.78 is 2.48. The smallest absolute Gasteiger partial charge is 0.200 e. The molecule has 0 amide bonds. The average Bonchev–Trinajstić information content (AvgIpc) is 2.91. The van der Waals surface area contributed by atoms with Gasteiger partial charge in [-0.1, -0.05) is 24.3 Å². The first-order valence-electron chi connectivity index (χ1n) is 7.73. The topological polar surface area (TPSA) is 53.8 Å². The van der Waals surface area contributed by atoms with Crippen molar-refractivity contribution in [1.29, 1.82) is 0 Å². The minimum atomic E-state index is 0.238. The SMILES string of the molecule is CC=Cc1c(C)cccc1-n1c(-c2ccc(O)cc2C)n[nH]c1=S. The van der Waals surface area contributed by atoms with E-state index in [9.17, 15) is 5.11 Å². The standard InChI is InChI=1S/C19H19N3OS/c1-4-6-15-12(2)7-5-8-17(15)22-18(20-21-19(22)24)16-10-9-14(23)11-13(16)3/h4-11,23H,1-3H3,(H,21,24). The number of allylic oxidation sites excluding steroid dienone is 1. The molecule has 1 aromatic heterocycles. The highest BCUT2D eigenvalue weighted by atomic mass is 32.1. The third kappa shape index (κ3) is 2.78. The quantitative estimate of drug-likeness (QED) is 0.665. The lowest BCUT2D eigenvalue weighted by Gasteiger charge is -2.13. The molecule has 0 aliphatic heterocycles. The summed E-state index contributed by atoms with van der Waals surface area (Å²) in [6.07, 6.45) is 4.09. The normalized spacial score (nSPS) is 11.3. The molecule has 0 unspecified atom stereocenters. The van der Waals surface area contributed by atoms with Crippen molar-refractivity contribution in [2.75, 3.05) is 0 Å². The van der Waals surface area contributed by atoms with Gasteiger partial charge in [-0.25, -0.2) is 0 Å². The fraction of sp³-hybridized carbons (Fsp3) is 0.158. The molecule has 0 aliphatic carbocycles. The second-order valence-electron chi connectivity index (χ2n) is 5.69. The number of phenols is 1. The Balaban J connectivity index is 2.31. The van der Waals surface area contributed by atoms with Gasteiger partial charge in [0.05, 0.1) is 5.69 Å². The zero-order chi connectivity index (χ0) is 17.3. The molecule has 122 valence electrons. The highest BCUT2D eigenvalue weighted by Gasteiger charge is 2.15. The van der Waals surface area contributed by atoms with Crippen molar-refractivity contribution >= 4 is 18.3 Å². The number of rotatable bonds is 3. The van der Waals surface area contributed by atoms with E-state index in [1.165, 1.54) is 5.56 Å². The molecule has 5 heteroatoms. The molecule has 0 atom stereocenters. The molecule has 0 spiro atoms. The Kier molecular flexibility index (Phi) is 4.36. The van der Waals surface area contributed by atoms with E-state index in [1.54, 1.807) is 12.1 Å². The molecule has 0 bridgehead atoms. The van der Waals surface area contributed by atoms with Gasteiger partial charge in [0.25, 0.3) is 0 Å². The van der Waals surface area contributed by atoms with Crippen molar-refractivity contribution in [3.05, 3.63) is 63.9 Å².